The Bertz CT molecular complexity index is 1640. The van der Waals surface area contributed by atoms with Gasteiger partial charge in [0.15, 0.2) is 5.11 Å². The topological polar surface area (TPSA) is 76.8 Å². The van der Waals surface area contributed by atoms with Crippen LogP contribution in [0.1, 0.15) is 33.9 Å². The van der Waals surface area contributed by atoms with Crippen LogP contribution in [0.3, 0.4) is 0 Å². The maximum atomic E-state index is 12.4. The standard InChI is InChI=1S/C32H25N3O4S/c1-37-31(36)25-12-6-5-11-24(25)27-18-19-28(39-27)30-29(26-13-7-8-20-33-26)34-32(40)35(30)21-14-16-23(17-15-21)38-22-9-3-2-4-10-22/h2-20,29-30H,1H3,(H,34,40)/t29-,30-/m1/s1. The lowest BCUT2D eigenvalue weighted by molar-refractivity contribution is 0.0601. The molecule has 0 saturated carbocycles. The Kier molecular flexibility index (Phi) is 6.99. The summed E-state index contributed by atoms with van der Waals surface area (Å²) in [5, 5.41) is 3.99. The predicted octanol–water partition coefficient (Wildman–Crippen LogP) is 7.10. The first-order chi connectivity index (χ1) is 19.6. The number of rotatable bonds is 7. The molecular weight excluding hydrogens is 522 g/mol. The van der Waals surface area contributed by atoms with Crippen LogP contribution in [0.5, 0.6) is 11.5 Å². The number of nitrogens with one attached hydrogen (secondary N) is 1. The minimum absolute atomic E-state index is 0.274. The molecule has 3 aromatic carbocycles. The van der Waals surface area contributed by atoms with Gasteiger partial charge in [-0.3, -0.25) is 4.98 Å². The van der Waals surface area contributed by atoms with Crippen LogP contribution in [0.25, 0.3) is 11.3 Å². The van der Waals surface area contributed by atoms with Gasteiger partial charge < -0.3 is 24.1 Å². The molecule has 1 saturated heterocycles. The fraction of sp³-hybridized carbons (Fsp3) is 0.0938. The third-order valence-corrected chi connectivity index (χ3v) is 7.02. The number of furan rings is 1. The molecule has 0 aliphatic carbocycles. The molecule has 0 unspecified atom stereocenters. The van der Waals surface area contributed by atoms with Crippen molar-refractivity contribution in [2.24, 2.45) is 0 Å². The van der Waals surface area contributed by atoms with Crippen molar-refractivity contribution in [3.8, 4) is 22.8 Å². The van der Waals surface area contributed by atoms with Crippen molar-refractivity contribution >= 4 is 29.0 Å². The van der Waals surface area contributed by atoms with Crippen molar-refractivity contribution in [2.75, 3.05) is 12.0 Å². The lowest BCUT2D eigenvalue weighted by Gasteiger charge is -2.26. The van der Waals surface area contributed by atoms with E-state index in [1.165, 1.54) is 7.11 Å². The molecule has 198 valence electrons. The number of aromatic nitrogens is 1. The number of esters is 1. The second-order valence-electron chi connectivity index (χ2n) is 9.14. The van der Waals surface area contributed by atoms with Gasteiger partial charge in [0.1, 0.15) is 29.1 Å². The largest absolute Gasteiger partial charge is 0.465 e. The number of hydrogen-bond donors (Lipinski definition) is 1. The maximum absolute atomic E-state index is 12.4. The molecule has 8 heteroatoms. The summed E-state index contributed by atoms with van der Waals surface area (Å²) in [5.41, 5.74) is 2.78. The average Bonchev–Trinajstić information content (AvgIpc) is 3.63. The third-order valence-electron chi connectivity index (χ3n) is 6.71. The minimum Gasteiger partial charge on any atom is -0.465 e. The second-order valence-corrected chi connectivity index (χ2v) is 9.53. The lowest BCUT2D eigenvalue weighted by Crippen LogP contribution is -2.29. The van der Waals surface area contributed by atoms with Crippen LogP contribution in [-0.4, -0.2) is 23.2 Å². The van der Waals surface area contributed by atoms with Gasteiger partial charge in [-0.15, -0.1) is 0 Å². The number of pyridine rings is 1. The molecule has 1 aliphatic heterocycles. The summed E-state index contributed by atoms with van der Waals surface area (Å²) in [4.78, 5) is 19.0. The van der Waals surface area contributed by atoms with Crippen LogP contribution in [0.15, 0.2) is 120 Å². The summed E-state index contributed by atoms with van der Waals surface area (Å²) in [6, 6.07) is 33.6. The molecule has 0 amide bonds. The number of carbonyl (C=O) groups excluding carboxylic acids is 1. The maximum Gasteiger partial charge on any atom is 0.338 e. The molecule has 1 N–H and O–H groups in total. The van der Waals surface area contributed by atoms with Crippen molar-refractivity contribution in [3.05, 3.63) is 132 Å². The number of benzene rings is 3. The first-order valence-corrected chi connectivity index (χ1v) is 13.1. The van der Waals surface area contributed by atoms with Gasteiger partial charge in [-0.05, 0) is 78.9 Å². The smallest absolute Gasteiger partial charge is 0.338 e. The average molecular weight is 548 g/mol. The molecule has 1 aliphatic rings. The summed E-state index contributed by atoms with van der Waals surface area (Å²) in [5.74, 6) is 2.27. The van der Waals surface area contributed by atoms with Gasteiger partial charge in [0.2, 0.25) is 0 Å². The second kappa shape index (κ2) is 11.0. The van der Waals surface area contributed by atoms with Crippen molar-refractivity contribution < 1.29 is 18.7 Å². The van der Waals surface area contributed by atoms with Gasteiger partial charge >= 0.3 is 5.97 Å². The molecular formula is C32H25N3O4S. The quantitative estimate of drug-likeness (QED) is 0.171. The highest BCUT2D eigenvalue weighted by molar-refractivity contribution is 7.80. The molecule has 0 spiro atoms. The normalized spacial score (nSPS) is 16.4. The molecule has 40 heavy (non-hydrogen) atoms. The Morgan fingerprint density at radius 1 is 0.875 bits per heavy atom. The third kappa shape index (κ3) is 4.92. The van der Waals surface area contributed by atoms with Crippen LogP contribution in [-0.2, 0) is 4.74 Å². The Balaban J connectivity index is 1.37. The van der Waals surface area contributed by atoms with E-state index in [0.29, 0.717) is 33.5 Å². The molecule has 0 bridgehead atoms. The van der Waals surface area contributed by atoms with E-state index >= 15 is 0 Å². The summed E-state index contributed by atoms with van der Waals surface area (Å²) in [6.07, 6.45) is 1.76. The zero-order valence-electron chi connectivity index (χ0n) is 21.6. The van der Waals surface area contributed by atoms with Crippen molar-refractivity contribution in [1.82, 2.24) is 10.3 Å². The highest BCUT2D eigenvalue weighted by atomic mass is 32.1. The minimum atomic E-state index is -0.428. The van der Waals surface area contributed by atoms with Gasteiger partial charge in [-0.1, -0.05) is 42.5 Å². The Morgan fingerprint density at radius 3 is 2.35 bits per heavy atom. The summed E-state index contributed by atoms with van der Waals surface area (Å²) >= 11 is 5.84. The fourth-order valence-corrected chi connectivity index (χ4v) is 5.21. The molecule has 2 aromatic heterocycles. The fourth-order valence-electron chi connectivity index (χ4n) is 4.86. The monoisotopic (exact) mass is 547 g/mol. The van der Waals surface area contributed by atoms with Crippen LogP contribution >= 0.6 is 12.2 Å². The van der Waals surface area contributed by atoms with E-state index in [-0.39, 0.29) is 12.1 Å². The van der Waals surface area contributed by atoms with E-state index in [1.54, 1.807) is 18.3 Å². The SMILES string of the molecule is COC(=O)c1ccccc1-c1ccc([C@@H]2[C@@H](c3ccccn3)NC(=S)N2c2ccc(Oc3ccccc3)cc2)o1. The number of anilines is 1. The zero-order valence-corrected chi connectivity index (χ0v) is 22.4. The number of nitrogens with zero attached hydrogens (tertiary/aromatic N) is 2. The molecule has 3 heterocycles. The number of para-hydroxylation sites is 1. The van der Waals surface area contributed by atoms with Crippen LogP contribution < -0.4 is 15.0 Å². The molecule has 7 nitrogen and oxygen atoms in total. The van der Waals surface area contributed by atoms with E-state index in [2.05, 4.69) is 10.3 Å². The molecule has 2 atom stereocenters. The van der Waals surface area contributed by atoms with E-state index in [9.17, 15) is 4.79 Å². The van der Waals surface area contributed by atoms with Gasteiger partial charge in [0.05, 0.1) is 24.4 Å². The van der Waals surface area contributed by atoms with E-state index in [4.69, 9.17) is 26.1 Å². The highest BCUT2D eigenvalue weighted by Gasteiger charge is 2.42. The summed E-state index contributed by atoms with van der Waals surface area (Å²) in [6.45, 7) is 0. The van der Waals surface area contributed by atoms with Crippen molar-refractivity contribution in [3.63, 3.8) is 0 Å². The molecule has 1 fully saturated rings. The Hall–Kier alpha value is -4.95. The van der Waals surface area contributed by atoms with E-state index in [1.807, 2.05) is 102 Å². The van der Waals surface area contributed by atoms with Crippen molar-refractivity contribution in [2.45, 2.75) is 12.1 Å². The lowest BCUT2D eigenvalue weighted by atomic mass is 10.0. The van der Waals surface area contributed by atoms with Crippen LogP contribution in [0, 0.1) is 0 Å². The first kappa shape index (κ1) is 25.3. The zero-order chi connectivity index (χ0) is 27.5. The highest BCUT2D eigenvalue weighted by Crippen LogP contribution is 2.43. The number of carbonyl (C=O) groups is 1. The first-order valence-electron chi connectivity index (χ1n) is 12.7. The number of hydrogen-bond acceptors (Lipinski definition) is 6. The predicted molar refractivity (Wildman–Crippen MR) is 156 cm³/mol. The van der Waals surface area contributed by atoms with Crippen LogP contribution in [0.4, 0.5) is 5.69 Å². The number of thiocarbonyl (C=S) groups is 1. The summed E-state index contributed by atoms with van der Waals surface area (Å²) in [7, 11) is 1.36. The van der Waals surface area contributed by atoms with Crippen LogP contribution in [0.2, 0.25) is 0 Å². The Morgan fingerprint density at radius 2 is 1.60 bits per heavy atom. The molecule has 6 rings (SSSR count). The number of methoxy groups -OCH3 is 1. The van der Waals surface area contributed by atoms with Gasteiger partial charge in [0, 0.05) is 17.4 Å². The summed E-state index contributed by atoms with van der Waals surface area (Å²) < 4.78 is 17.4. The van der Waals surface area contributed by atoms with Gasteiger partial charge in [-0.2, -0.15) is 0 Å². The molecule has 5 aromatic rings. The van der Waals surface area contributed by atoms with E-state index < -0.39 is 5.97 Å². The van der Waals surface area contributed by atoms with E-state index in [0.717, 1.165) is 17.1 Å². The molecule has 0 radical (unpaired) electrons. The van der Waals surface area contributed by atoms with Gasteiger partial charge in [0.25, 0.3) is 0 Å². The van der Waals surface area contributed by atoms with Gasteiger partial charge in [-0.25, -0.2) is 4.79 Å². The number of ether oxygens (including phenoxy) is 2. The van der Waals surface area contributed by atoms with Crippen molar-refractivity contribution in [1.29, 1.82) is 0 Å². The Labute approximate surface area is 237 Å².